The summed E-state index contributed by atoms with van der Waals surface area (Å²) < 4.78 is 7.24. The molecule has 2 saturated heterocycles. The van der Waals surface area contributed by atoms with Crippen LogP contribution in [0.4, 0.5) is 11.4 Å². The largest absolute Gasteiger partial charge is 0.368 e. The fourth-order valence-electron chi connectivity index (χ4n) is 6.08. The highest BCUT2D eigenvalue weighted by Crippen LogP contribution is 2.30. The van der Waals surface area contributed by atoms with E-state index in [2.05, 4.69) is 32.9 Å². The van der Waals surface area contributed by atoms with Crippen molar-refractivity contribution in [2.45, 2.75) is 6.54 Å². The van der Waals surface area contributed by atoms with Crippen molar-refractivity contribution in [2.24, 2.45) is 0 Å². The molecule has 0 radical (unpaired) electrons. The van der Waals surface area contributed by atoms with Crippen LogP contribution in [0.15, 0.2) is 72.9 Å². The summed E-state index contributed by atoms with van der Waals surface area (Å²) in [6.07, 6.45) is 1.94. The molecule has 2 aliphatic heterocycles. The van der Waals surface area contributed by atoms with Gasteiger partial charge < -0.3 is 14.7 Å². The summed E-state index contributed by atoms with van der Waals surface area (Å²) in [5.74, 6) is 0.00649. The van der Waals surface area contributed by atoms with Gasteiger partial charge in [-0.1, -0.05) is 24.3 Å². The summed E-state index contributed by atoms with van der Waals surface area (Å²) in [5.41, 5.74) is 5.89. The lowest BCUT2D eigenvalue weighted by atomic mass is 10.0. The third-order valence-electron chi connectivity index (χ3n) is 8.22. The Bertz CT molecular complexity index is 1710. The van der Waals surface area contributed by atoms with Gasteiger partial charge in [-0.05, 0) is 48.0 Å². The second kappa shape index (κ2) is 13.3. The zero-order valence-corrected chi connectivity index (χ0v) is 26.5. The van der Waals surface area contributed by atoms with Gasteiger partial charge in [-0.3, -0.25) is 13.7 Å². The van der Waals surface area contributed by atoms with Crippen molar-refractivity contribution in [2.75, 3.05) is 62.2 Å². The van der Waals surface area contributed by atoms with Gasteiger partial charge in [0.2, 0.25) is 0 Å². The van der Waals surface area contributed by atoms with E-state index >= 15 is 0 Å². The Morgan fingerprint density at radius 2 is 1.40 bits per heavy atom. The first-order valence-corrected chi connectivity index (χ1v) is 15.8. The molecule has 2 aliphatic rings. The minimum atomic E-state index is 0.00649. The van der Waals surface area contributed by atoms with Gasteiger partial charge in [0.1, 0.15) is 47.4 Å². The van der Waals surface area contributed by atoms with Crippen LogP contribution in [-0.4, -0.2) is 72.0 Å². The van der Waals surface area contributed by atoms with Crippen molar-refractivity contribution < 1.29 is 7.31 Å². The second-order valence-electron chi connectivity index (χ2n) is 10.7. The van der Waals surface area contributed by atoms with Crippen molar-refractivity contribution in [1.82, 2.24) is 13.8 Å². The first-order valence-electron chi connectivity index (χ1n) is 14.2. The number of carbonyl (C=O) groups is 1. The van der Waals surface area contributed by atoms with Gasteiger partial charge in [-0.15, -0.1) is 0 Å². The van der Waals surface area contributed by atoms with Gasteiger partial charge in [0.15, 0.2) is 0 Å². The standard InChI is InChI=1S/C32H30IN7O2S/c33-42-43-40-10-9-25-19-24(23-36-11-13-37(14-12-36)29-7-3-1-5-26(29)21-34)20-28(31(25)40)32(41)39-17-15-38(16-18-39)30-8-4-2-6-27(30)22-35/h1-10,19-20H,11-18,23H2. The van der Waals surface area contributed by atoms with Crippen molar-refractivity contribution in [3.8, 4) is 12.1 Å². The molecular weight excluding hydrogens is 673 g/mol. The summed E-state index contributed by atoms with van der Waals surface area (Å²) in [6.45, 7) is 6.64. The van der Waals surface area contributed by atoms with Crippen LogP contribution in [0.5, 0.6) is 0 Å². The van der Waals surface area contributed by atoms with Crippen molar-refractivity contribution in [3.05, 3.63) is 95.2 Å². The molecule has 2 fully saturated rings. The molecule has 11 heteroatoms. The zero-order valence-electron chi connectivity index (χ0n) is 23.5. The predicted molar refractivity (Wildman–Crippen MR) is 178 cm³/mol. The molecule has 218 valence electrons. The average molecular weight is 704 g/mol. The highest BCUT2D eigenvalue weighted by molar-refractivity contribution is 14.1. The Balaban J connectivity index is 1.19. The summed E-state index contributed by atoms with van der Waals surface area (Å²) >= 11 is 3.04. The van der Waals surface area contributed by atoms with E-state index in [1.165, 1.54) is 12.2 Å². The Morgan fingerprint density at radius 1 is 0.814 bits per heavy atom. The fourth-order valence-corrected chi connectivity index (χ4v) is 7.04. The number of hydrogen-bond donors (Lipinski definition) is 0. The van der Waals surface area contributed by atoms with Gasteiger partial charge in [0.25, 0.3) is 5.91 Å². The van der Waals surface area contributed by atoms with E-state index in [0.717, 1.165) is 60.6 Å². The SMILES string of the molecule is N#Cc1ccccc1N1CCN(Cc2cc(C(=O)N3CCN(c4ccccc4C#N)CC3)c3c(ccn3SOI)c2)CC1. The van der Waals surface area contributed by atoms with E-state index in [0.29, 0.717) is 42.9 Å². The van der Waals surface area contributed by atoms with E-state index in [1.807, 2.05) is 98.7 Å². The summed E-state index contributed by atoms with van der Waals surface area (Å²) in [5, 5.41) is 20.1. The monoisotopic (exact) mass is 703 g/mol. The minimum absolute atomic E-state index is 0.00649. The molecule has 1 aromatic heterocycles. The molecule has 0 unspecified atom stereocenters. The van der Waals surface area contributed by atoms with Gasteiger partial charge in [-0.25, -0.2) is 2.51 Å². The van der Waals surface area contributed by atoms with Gasteiger partial charge in [0, 0.05) is 70.5 Å². The molecule has 0 N–H and O–H groups in total. The van der Waals surface area contributed by atoms with Crippen LogP contribution in [0.1, 0.15) is 27.0 Å². The number of halogens is 1. The first-order chi connectivity index (χ1) is 21.1. The lowest BCUT2D eigenvalue weighted by molar-refractivity contribution is 0.0748. The number of fused-ring (bicyclic) bond motifs is 1. The number of amides is 1. The normalized spacial score (nSPS) is 15.8. The summed E-state index contributed by atoms with van der Waals surface area (Å²) in [4.78, 5) is 22.9. The molecule has 0 saturated carbocycles. The third kappa shape index (κ3) is 6.17. The topological polar surface area (TPSA) is 91.8 Å². The van der Waals surface area contributed by atoms with E-state index in [-0.39, 0.29) is 5.91 Å². The van der Waals surface area contributed by atoms with E-state index in [4.69, 9.17) is 2.51 Å². The second-order valence-corrected chi connectivity index (χ2v) is 12.4. The molecule has 0 aliphatic carbocycles. The Labute approximate surface area is 269 Å². The van der Waals surface area contributed by atoms with Crippen LogP contribution < -0.4 is 9.80 Å². The Morgan fingerprint density at radius 3 is 1.98 bits per heavy atom. The van der Waals surface area contributed by atoms with Crippen LogP contribution in [-0.2, 0) is 9.06 Å². The number of nitriles is 2. The maximum absolute atomic E-state index is 14.1. The molecule has 0 bridgehead atoms. The van der Waals surface area contributed by atoms with Gasteiger partial charge in [-0.2, -0.15) is 10.5 Å². The molecule has 3 aromatic carbocycles. The van der Waals surface area contributed by atoms with Crippen LogP contribution >= 0.6 is 35.2 Å². The lowest BCUT2D eigenvalue weighted by Crippen LogP contribution is -2.49. The van der Waals surface area contributed by atoms with Crippen LogP contribution in [0.25, 0.3) is 10.9 Å². The number of piperazine rings is 2. The number of carbonyl (C=O) groups excluding carboxylic acids is 1. The number of rotatable bonds is 7. The molecule has 9 nitrogen and oxygen atoms in total. The highest BCUT2D eigenvalue weighted by atomic mass is 127. The number of aromatic nitrogens is 1. The zero-order chi connectivity index (χ0) is 29.8. The van der Waals surface area contributed by atoms with E-state index in [1.54, 1.807) is 0 Å². The molecule has 0 spiro atoms. The number of hydrogen-bond acceptors (Lipinski definition) is 8. The molecule has 43 heavy (non-hydrogen) atoms. The van der Waals surface area contributed by atoms with E-state index in [9.17, 15) is 15.3 Å². The molecular formula is C32H30IN7O2S. The maximum Gasteiger partial charge on any atom is 0.256 e. The van der Waals surface area contributed by atoms with Crippen molar-refractivity contribution >= 4 is 63.4 Å². The quantitative estimate of drug-likeness (QED) is 0.186. The minimum Gasteiger partial charge on any atom is -0.368 e. The fraction of sp³-hybridized carbons (Fsp3) is 0.281. The number of benzene rings is 3. The lowest BCUT2D eigenvalue weighted by Gasteiger charge is -2.37. The molecule has 3 heterocycles. The Kier molecular flexibility index (Phi) is 9.05. The molecule has 1 amide bonds. The van der Waals surface area contributed by atoms with Crippen LogP contribution in [0.2, 0.25) is 0 Å². The third-order valence-corrected chi connectivity index (χ3v) is 9.23. The smallest absolute Gasteiger partial charge is 0.256 e. The van der Waals surface area contributed by atoms with Crippen molar-refractivity contribution in [3.63, 3.8) is 0 Å². The molecule has 4 aromatic rings. The van der Waals surface area contributed by atoms with Crippen molar-refractivity contribution in [1.29, 1.82) is 10.5 Å². The number of para-hydroxylation sites is 2. The highest BCUT2D eigenvalue weighted by Gasteiger charge is 2.27. The molecule has 0 atom stereocenters. The van der Waals surface area contributed by atoms with Gasteiger partial charge >= 0.3 is 0 Å². The maximum atomic E-state index is 14.1. The summed E-state index contributed by atoms with van der Waals surface area (Å²) in [7, 11) is 0. The number of nitrogens with zero attached hydrogens (tertiary/aromatic N) is 7. The van der Waals surface area contributed by atoms with Crippen LogP contribution in [0.3, 0.4) is 0 Å². The first kappa shape index (κ1) is 29.3. The van der Waals surface area contributed by atoms with Crippen LogP contribution in [0, 0.1) is 22.7 Å². The Hall–Kier alpha value is -3.75. The van der Waals surface area contributed by atoms with E-state index < -0.39 is 0 Å². The van der Waals surface area contributed by atoms with Gasteiger partial charge in [0.05, 0.1) is 33.6 Å². The summed E-state index contributed by atoms with van der Waals surface area (Å²) in [6, 6.07) is 26.2. The molecule has 6 rings (SSSR count). The number of anilines is 2. The average Bonchev–Trinajstić information content (AvgIpc) is 3.47. The predicted octanol–water partition coefficient (Wildman–Crippen LogP) is 5.45.